The first-order valence-corrected chi connectivity index (χ1v) is 7.74. The van der Waals surface area contributed by atoms with Gasteiger partial charge in [0.2, 0.25) is 0 Å². The van der Waals surface area contributed by atoms with Gasteiger partial charge in [0.15, 0.2) is 0 Å². The fourth-order valence-electron chi connectivity index (χ4n) is 3.06. The van der Waals surface area contributed by atoms with Crippen molar-refractivity contribution in [2.75, 3.05) is 11.9 Å². The number of ether oxygens (including phenoxy) is 1. The highest BCUT2D eigenvalue weighted by molar-refractivity contribution is 5.99. The maximum absolute atomic E-state index is 14.3. The number of carbonyl (C=O) groups is 2. The van der Waals surface area contributed by atoms with Crippen LogP contribution in [0, 0.1) is 5.82 Å². The lowest BCUT2D eigenvalue weighted by Crippen LogP contribution is -2.39. The number of amides is 2. The molecule has 2 aromatic carbocycles. The lowest BCUT2D eigenvalue weighted by molar-refractivity contribution is 0.0937. The second-order valence-corrected chi connectivity index (χ2v) is 6.17. The van der Waals surface area contributed by atoms with Crippen LogP contribution in [0.2, 0.25) is 0 Å². The molecule has 2 aromatic rings. The molecule has 2 aliphatic rings. The minimum atomic E-state index is -0.773. The molecule has 0 bridgehead atoms. The molecule has 1 aliphatic heterocycles. The Hall–Kier alpha value is -2.89. The van der Waals surface area contributed by atoms with Crippen LogP contribution in [0.25, 0.3) is 0 Å². The van der Waals surface area contributed by atoms with Gasteiger partial charge in [0.25, 0.3) is 5.91 Å². The van der Waals surface area contributed by atoms with Crippen molar-refractivity contribution in [1.82, 2.24) is 5.32 Å². The van der Waals surface area contributed by atoms with E-state index >= 15 is 0 Å². The van der Waals surface area contributed by atoms with E-state index in [0.29, 0.717) is 17.9 Å². The Bertz CT molecular complexity index is 832. The maximum atomic E-state index is 14.3. The van der Waals surface area contributed by atoms with Crippen molar-refractivity contribution in [2.24, 2.45) is 0 Å². The van der Waals surface area contributed by atoms with Crippen LogP contribution in [0.5, 0.6) is 5.75 Å². The van der Waals surface area contributed by atoms with Gasteiger partial charge in [0.1, 0.15) is 11.6 Å². The van der Waals surface area contributed by atoms with Crippen molar-refractivity contribution in [1.29, 1.82) is 0 Å². The fourth-order valence-corrected chi connectivity index (χ4v) is 3.06. The Balaban J connectivity index is 1.60. The standard InChI is InChI=1S/C18H15FN2O3/c19-14-8-12-13(18(6-7-18)10-20-16(12)22)9-15(14)21-17(23)24-11-4-2-1-3-5-11/h1-5,8-9H,6-7,10H2,(H,20,22)(H,21,23). The molecule has 0 unspecified atom stereocenters. The molecule has 0 atom stereocenters. The third-order valence-corrected chi connectivity index (χ3v) is 4.55. The predicted molar refractivity (Wildman–Crippen MR) is 85.7 cm³/mol. The third-order valence-electron chi connectivity index (χ3n) is 4.55. The van der Waals surface area contributed by atoms with Gasteiger partial charge in [0.05, 0.1) is 5.69 Å². The van der Waals surface area contributed by atoms with Crippen molar-refractivity contribution >= 4 is 17.7 Å². The molecule has 1 spiro atoms. The second kappa shape index (κ2) is 5.33. The van der Waals surface area contributed by atoms with Gasteiger partial charge in [-0.15, -0.1) is 0 Å². The Morgan fingerprint density at radius 1 is 1.21 bits per heavy atom. The zero-order chi connectivity index (χ0) is 16.7. The van der Waals surface area contributed by atoms with E-state index in [4.69, 9.17) is 4.74 Å². The summed E-state index contributed by atoms with van der Waals surface area (Å²) in [5.41, 5.74) is 1.05. The average molecular weight is 326 g/mol. The molecule has 122 valence electrons. The third kappa shape index (κ3) is 2.50. The summed E-state index contributed by atoms with van der Waals surface area (Å²) in [5.74, 6) is -0.571. The quantitative estimate of drug-likeness (QED) is 0.890. The van der Waals surface area contributed by atoms with Gasteiger partial charge in [-0.1, -0.05) is 18.2 Å². The summed E-state index contributed by atoms with van der Waals surface area (Å²) in [6.07, 6.45) is 1.12. The SMILES string of the molecule is O=C(Nc1cc2c(cc1F)C(=O)NCC21CC1)Oc1ccccc1. The van der Waals surface area contributed by atoms with E-state index in [1.807, 2.05) is 0 Å². The van der Waals surface area contributed by atoms with Gasteiger partial charge in [-0.3, -0.25) is 10.1 Å². The lowest BCUT2D eigenvalue weighted by atomic mass is 9.87. The molecule has 1 aliphatic carbocycles. The number of halogens is 1. The molecule has 1 fully saturated rings. The van der Waals surface area contributed by atoms with Crippen molar-refractivity contribution < 1.29 is 18.7 Å². The Morgan fingerprint density at radius 3 is 2.67 bits per heavy atom. The largest absolute Gasteiger partial charge is 0.417 e. The van der Waals surface area contributed by atoms with Crippen LogP contribution < -0.4 is 15.4 Å². The highest BCUT2D eigenvalue weighted by atomic mass is 19.1. The molecule has 2 amide bonds. The first-order chi connectivity index (χ1) is 11.6. The van der Waals surface area contributed by atoms with E-state index in [1.165, 1.54) is 6.07 Å². The first-order valence-electron chi connectivity index (χ1n) is 7.74. The van der Waals surface area contributed by atoms with Crippen LogP contribution in [0.15, 0.2) is 42.5 Å². The molecular formula is C18H15FN2O3. The van der Waals surface area contributed by atoms with Gasteiger partial charge >= 0.3 is 6.09 Å². The minimum Gasteiger partial charge on any atom is -0.410 e. The zero-order valence-electron chi connectivity index (χ0n) is 12.8. The molecule has 1 saturated carbocycles. The number of fused-ring (bicyclic) bond motifs is 2. The van der Waals surface area contributed by atoms with Crippen LogP contribution >= 0.6 is 0 Å². The molecule has 1 heterocycles. The topological polar surface area (TPSA) is 67.4 Å². The zero-order valence-corrected chi connectivity index (χ0v) is 12.8. The van der Waals surface area contributed by atoms with Crippen molar-refractivity contribution in [2.45, 2.75) is 18.3 Å². The average Bonchev–Trinajstić information content (AvgIpc) is 3.34. The van der Waals surface area contributed by atoms with Crippen molar-refractivity contribution in [3.05, 3.63) is 59.4 Å². The monoisotopic (exact) mass is 326 g/mol. The van der Waals surface area contributed by atoms with E-state index in [0.717, 1.165) is 18.4 Å². The number of hydrogen-bond acceptors (Lipinski definition) is 3. The van der Waals surface area contributed by atoms with E-state index in [2.05, 4.69) is 10.6 Å². The molecule has 0 aromatic heterocycles. The fraction of sp³-hybridized carbons (Fsp3) is 0.222. The lowest BCUT2D eigenvalue weighted by Gasteiger charge is -2.26. The highest BCUT2D eigenvalue weighted by Gasteiger charge is 2.49. The van der Waals surface area contributed by atoms with Gasteiger partial charge in [-0.05, 0) is 42.7 Å². The van der Waals surface area contributed by atoms with E-state index < -0.39 is 11.9 Å². The second-order valence-electron chi connectivity index (χ2n) is 6.17. The molecule has 4 rings (SSSR count). The summed E-state index contributed by atoms with van der Waals surface area (Å²) in [6.45, 7) is 0.554. The van der Waals surface area contributed by atoms with Crippen molar-refractivity contribution in [3.63, 3.8) is 0 Å². The van der Waals surface area contributed by atoms with E-state index in [9.17, 15) is 14.0 Å². The highest BCUT2D eigenvalue weighted by Crippen LogP contribution is 2.51. The van der Waals surface area contributed by atoms with Crippen molar-refractivity contribution in [3.8, 4) is 5.75 Å². The van der Waals surface area contributed by atoms with Gasteiger partial charge < -0.3 is 10.1 Å². The number of anilines is 1. The molecule has 0 radical (unpaired) electrons. The summed E-state index contributed by atoms with van der Waals surface area (Å²) in [4.78, 5) is 23.9. The number of nitrogens with one attached hydrogen (secondary N) is 2. The summed E-state index contributed by atoms with van der Waals surface area (Å²) >= 11 is 0. The van der Waals surface area contributed by atoms with Gasteiger partial charge in [0, 0.05) is 17.5 Å². The molecule has 2 N–H and O–H groups in total. The van der Waals surface area contributed by atoms with Crippen LogP contribution in [-0.2, 0) is 5.41 Å². The normalized spacial score (nSPS) is 17.0. The molecule has 24 heavy (non-hydrogen) atoms. The molecule has 6 heteroatoms. The van der Waals surface area contributed by atoms with E-state index in [1.54, 1.807) is 36.4 Å². The summed E-state index contributed by atoms with van der Waals surface area (Å²) in [7, 11) is 0. The smallest absolute Gasteiger partial charge is 0.410 e. The Labute approximate surface area is 137 Å². The van der Waals surface area contributed by atoms with Crippen LogP contribution in [0.4, 0.5) is 14.9 Å². The summed E-state index contributed by atoms with van der Waals surface area (Å²) < 4.78 is 19.4. The Kier molecular flexibility index (Phi) is 3.26. The minimum absolute atomic E-state index is 0.0238. The number of benzene rings is 2. The van der Waals surface area contributed by atoms with Gasteiger partial charge in [-0.2, -0.15) is 0 Å². The number of hydrogen-bond donors (Lipinski definition) is 2. The van der Waals surface area contributed by atoms with Crippen LogP contribution in [0.3, 0.4) is 0 Å². The Morgan fingerprint density at radius 2 is 1.96 bits per heavy atom. The van der Waals surface area contributed by atoms with Crippen LogP contribution in [0.1, 0.15) is 28.8 Å². The molecule has 0 saturated heterocycles. The number of carbonyl (C=O) groups excluding carboxylic acids is 2. The summed E-state index contributed by atoms with van der Waals surface area (Å²) in [6, 6.07) is 11.3. The van der Waals surface area contributed by atoms with Gasteiger partial charge in [-0.25, -0.2) is 9.18 Å². The molecular weight excluding hydrogens is 311 g/mol. The molecule has 5 nitrogen and oxygen atoms in total. The van der Waals surface area contributed by atoms with Crippen LogP contribution in [-0.4, -0.2) is 18.5 Å². The first kappa shape index (κ1) is 14.7. The maximum Gasteiger partial charge on any atom is 0.417 e. The predicted octanol–water partition coefficient (Wildman–Crippen LogP) is 3.21. The number of rotatable bonds is 2. The summed E-state index contributed by atoms with van der Waals surface area (Å²) in [5, 5.41) is 5.21. The number of para-hydroxylation sites is 1. The van der Waals surface area contributed by atoms with E-state index in [-0.39, 0.29) is 17.0 Å².